The van der Waals surface area contributed by atoms with E-state index in [0.29, 0.717) is 13.2 Å². The van der Waals surface area contributed by atoms with Crippen molar-refractivity contribution >= 4 is 0 Å². The highest BCUT2D eigenvalue weighted by molar-refractivity contribution is 5.37. The van der Waals surface area contributed by atoms with Gasteiger partial charge in [-0.15, -0.1) is 0 Å². The molecule has 18 heavy (non-hydrogen) atoms. The Kier molecular flexibility index (Phi) is 6.76. The molecular formula is C15H25NO2. The summed E-state index contributed by atoms with van der Waals surface area (Å²) < 4.78 is 10.8. The predicted octanol–water partition coefficient (Wildman–Crippen LogP) is 2.73. The van der Waals surface area contributed by atoms with Gasteiger partial charge in [-0.1, -0.05) is 6.07 Å². The van der Waals surface area contributed by atoms with Gasteiger partial charge in [-0.05, 0) is 63.7 Å². The summed E-state index contributed by atoms with van der Waals surface area (Å²) in [7, 11) is 5.93. The molecule has 1 aromatic carbocycles. The third-order valence-electron chi connectivity index (χ3n) is 2.79. The molecule has 0 saturated heterocycles. The lowest BCUT2D eigenvalue weighted by atomic mass is 10.1. The molecule has 0 amide bonds. The van der Waals surface area contributed by atoms with Crippen LogP contribution in [0.3, 0.4) is 0 Å². The zero-order valence-electron chi connectivity index (χ0n) is 12.0. The fourth-order valence-corrected chi connectivity index (χ4v) is 1.97. The van der Waals surface area contributed by atoms with Gasteiger partial charge in [0.1, 0.15) is 5.75 Å². The molecule has 0 spiro atoms. The van der Waals surface area contributed by atoms with Crippen LogP contribution in [-0.2, 0) is 17.8 Å². The van der Waals surface area contributed by atoms with E-state index in [1.54, 1.807) is 7.11 Å². The van der Waals surface area contributed by atoms with Gasteiger partial charge in [0.15, 0.2) is 0 Å². The van der Waals surface area contributed by atoms with E-state index in [2.05, 4.69) is 37.2 Å². The summed E-state index contributed by atoms with van der Waals surface area (Å²) in [5.74, 6) is 1.01. The van der Waals surface area contributed by atoms with Crippen LogP contribution in [0.2, 0.25) is 0 Å². The van der Waals surface area contributed by atoms with E-state index >= 15 is 0 Å². The largest absolute Gasteiger partial charge is 0.494 e. The molecule has 0 saturated carbocycles. The highest BCUT2D eigenvalue weighted by Gasteiger charge is 2.05. The standard InChI is InChI=1S/C15H25NO2/c1-5-18-15-9-8-13(12-17-4)11-14(15)7-6-10-16(2)3/h8-9,11H,5-7,10,12H2,1-4H3. The van der Waals surface area contributed by atoms with Gasteiger partial charge in [-0.25, -0.2) is 0 Å². The van der Waals surface area contributed by atoms with Crippen LogP contribution in [-0.4, -0.2) is 39.3 Å². The van der Waals surface area contributed by atoms with Crippen LogP contribution in [0.1, 0.15) is 24.5 Å². The van der Waals surface area contributed by atoms with Gasteiger partial charge < -0.3 is 14.4 Å². The average Bonchev–Trinajstić information content (AvgIpc) is 2.32. The second kappa shape index (κ2) is 8.11. The third kappa shape index (κ3) is 5.07. The number of methoxy groups -OCH3 is 1. The van der Waals surface area contributed by atoms with Gasteiger partial charge in [0, 0.05) is 7.11 Å². The summed E-state index contributed by atoms with van der Waals surface area (Å²) in [6.45, 7) is 4.49. The van der Waals surface area contributed by atoms with Crippen LogP contribution in [0.15, 0.2) is 18.2 Å². The topological polar surface area (TPSA) is 21.7 Å². The Hall–Kier alpha value is -1.06. The molecule has 1 rings (SSSR count). The first-order chi connectivity index (χ1) is 8.67. The van der Waals surface area contributed by atoms with E-state index in [-0.39, 0.29) is 0 Å². The van der Waals surface area contributed by atoms with Crippen molar-refractivity contribution in [2.45, 2.75) is 26.4 Å². The van der Waals surface area contributed by atoms with Crippen molar-refractivity contribution in [1.29, 1.82) is 0 Å². The Morgan fingerprint density at radius 3 is 2.61 bits per heavy atom. The molecule has 0 heterocycles. The van der Waals surface area contributed by atoms with Gasteiger partial charge in [-0.3, -0.25) is 0 Å². The molecular weight excluding hydrogens is 226 g/mol. The molecule has 0 aliphatic heterocycles. The lowest BCUT2D eigenvalue weighted by molar-refractivity contribution is 0.184. The van der Waals surface area contributed by atoms with Crippen LogP contribution in [0, 0.1) is 0 Å². The smallest absolute Gasteiger partial charge is 0.122 e. The highest BCUT2D eigenvalue weighted by Crippen LogP contribution is 2.22. The molecule has 1 aromatic rings. The Bertz CT molecular complexity index is 350. The maximum atomic E-state index is 5.67. The summed E-state index contributed by atoms with van der Waals surface area (Å²) in [6, 6.07) is 6.33. The van der Waals surface area contributed by atoms with Crippen molar-refractivity contribution in [2.24, 2.45) is 0 Å². The first-order valence-corrected chi connectivity index (χ1v) is 6.55. The molecule has 0 aliphatic rings. The monoisotopic (exact) mass is 251 g/mol. The van der Waals surface area contributed by atoms with Crippen LogP contribution < -0.4 is 4.74 Å². The Balaban J connectivity index is 2.72. The molecule has 102 valence electrons. The minimum Gasteiger partial charge on any atom is -0.494 e. The first-order valence-electron chi connectivity index (χ1n) is 6.55. The Morgan fingerprint density at radius 1 is 1.22 bits per heavy atom. The minimum absolute atomic E-state index is 0.660. The normalized spacial score (nSPS) is 10.9. The van der Waals surface area contributed by atoms with Crippen LogP contribution in [0.4, 0.5) is 0 Å². The van der Waals surface area contributed by atoms with Crippen molar-refractivity contribution in [3.05, 3.63) is 29.3 Å². The summed E-state index contributed by atoms with van der Waals surface area (Å²) in [5.41, 5.74) is 2.49. The van der Waals surface area contributed by atoms with E-state index < -0.39 is 0 Å². The molecule has 3 heteroatoms. The summed E-state index contributed by atoms with van der Waals surface area (Å²) >= 11 is 0. The fraction of sp³-hybridized carbons (Fsp3) is 0.600. The second-order valence-corrected chi connectivity index (χ2v) is 4.71. The van der Waals surface area contributed by atoms with Crippen molar-refractivity contribution in [3.8, 4) is 5.75 Å². The molecule has 0 radical (unpaired) electrons. The second-order valence-electron chi connectivity index (χ2n) is 4.71. The Labute approximate surface area is 111 Å². The summed E-state index contributed by atoms with van der Waals surface area (Å²) in [4.78, 5) is 2.21. The zero-order chi connectivity index (χ0) is 13.4. The van der Waals surface area contributed by atoms with Crippen LogP contribution in [0.25, 0.3) is 0 Å². The van der Waals surface area contributed by atoms with Crippen LogP contribution >= 0.6 is 0 Å². The minimum atomic E-state index is 0.660. The van der Waals surface area contributed by atoms with Crippen molar-refractivity contribution in [1.82, 2.24) is 4.90 Å². The van der Waals surface area contributed by atoms with Crippen molar-refractivity contribution in [3.63, 3.8) is 0 Å². The number of aryl methyl sites for hydroxylation is 1. The number of nitrogens with zero attached hydrogens (tertiary/aromatic N) is 1. The van der Waals surface area contributed by atoms with Crippen LogP contribution in [0.5, 0.6) is 5.75 Å². The molecule has 0 aliphatic carbocycles. The molecule has 0 fully saturated rings. The average molecular weight is 251 g/mol. The van der Waals surface area contributed by atoms with E-state index in [4.69, 9.17) is 9.47 Å². The lowest BCUT2D eigenvalue weighted by Gasteiger charge is -2.13. The quantitative estimate of drug-likeness (QED) is 0.709. The summed E-state index contributed by atoms with van der Waals surface area (Å²) in [5, 5.41) is 0. The molecule has 3 nitrogen and oxygen atoms in total. The van der Waals surface area contributed by atoms with Crippen molar-refractivity contribution < 1.29 is 9.47 Å². The molecule has 0 N–H and O–H groups in total. The van der Waals surface area contributed by atoms with Gasteiger partial charge in [0.2, 0.25) is 0 Å². The zero-order valence-corrected chi connectivity index (χ0v) is 12.0. The molecule has 0 bridgehead atoms. The van der Waals surface area contributed by atoms with Gasteiger partial charge in [-0.2, -0.15) is 0 Å². The number of rotatable bonds is 8. The molecule has 0 aromatic heterocycles. The number of hydrogen-bond donors (Lipinski definition) is 0. The van der Waals surface area contributed by atoms with E-state index in [9.17, 15) is 0 Å². The van der Waals surface area contributed by atoms with E-state index in [0.717, 1.165) is 25.1 Å². The fourth-order valence-electron chi connectivity index (χ4n) is 1.97. The molecule has 0 unspecified atom stereocenters. The third-order valence-corrected chi connectivity index (χ3v) is 2.79. The molecule has 0 atom stereocenters. The number of hydrogen-bond acceptors (Lipinski definition) is 3. The number of ether oxygens (including phenoxy) is 2. The Morgan fingerprint density at radius 2 is 2.00 bits per heavy atom. The lowest BCUT2D eigenvalue weighted by Crippen LogP contribution is -2.13. The maximum absolute atomic E-state index is 5.67. The SMILES string of the molecule is CCOc1ccc(COC)cc1CCCN(C)C. The summed E-state index contributed by atoms with van der Waals surface area (Å²) in [6.07, 6.45) is 2.19. The van der Waals surface area contributed by atoms with Gasteiger partial charge in [0.25, 0.3) is 0 Å². The van der Waals surface area contributed by atoms with E-state index in [1.165, 1.54) is 11.1 Å². The van der Waals surface area contributed by atoms with Crippen molar-refractivity contribution in [2.75, 3.05) is 34.4 Å². The maximum Gasteiger partial charge on any atom is 0.122 e. The first kappa shape index (κ1) is 15.0. The van der Waals surface area contributed by atoms with Gasteiger partial charge >= 0.3 is 0 Å². The highest BCUT2D eigenvalue weighted by atomic mass is 16.5. The van der Waals surface area contributed by atoms with Gasteiger partial charge in [0.05, 0.1) is 13.2 Å². The number of benzene rings is 1. The van der Waals surface area contributed by atoms with E-state index in [1.807, 2.05) is 6.92 Å². The predicted molar refractivity (Wildman–Crippen MR) is 75.2 cm³/mol.